The molecule has 1 saturated carbocycles. The van der Waals surface area contributed by atoms with Crippen LogP contribution in [0.1, 0.15) is 47.0 Å². The van der Waals surface area contributed by atoms with Gasteiger partial charge in [0.15, 0.2) is 0 Å². The molecule has 0 nitrogen and oxygen atoms in total. The van der Waals surface area contributed by atoms with Crippen molar-refractivity contribution in [3.05, 3.63) is 0 Å². The zero-order chi connectivity index (χ0) is 8.70. The smallest absolute Gasteiger partial charge is 0.116 e. The minimum Gasteiger partial charge on any atom is -0.243 e. The van der Waals surface area contributed by atoms with Crippen LogP contribution in [-0.4, -0.2) is 5.67 Å². The Kier molecular flexibility index (Phi) is 2.02. The minimum atomic E-state index is -0.867. The molecule has 0 amide bonds. The summed E-state index contributed by atoms with van der Waals surface area (Å²) in [5.74, 6) is 0.652. The van der Waals surface area contributed by atoms with E-state index in [9.17, 15) is 4.39 Å². The largest absolute Gasteiger partial charge is 0.243 e. The van der Waals surface area contributed by atoms with Gasteiger partial charge in [0.1, 0.15) is 5.67 Å². The van der Waals surface area contributed by atoms with Crippen molar-refractivity contribution in [2.45, 2.75) is 52.6 Å². The van der Waals surface area contributed by atoms with Gasteiger partial charge in [0, 0.05) is 0 Å². The van der Waals surface area contributed by atoms with Crippen molar-refractivity contribution in [3.8, 4) is 0 Å². The molecule has 1 rings (SSSR count). The maximum atomic E-state index is 13.9. The van der Waals surface area contributed by atoms with Gasteiger partial charge in [-0.25, -0.2) is 4.39 Å². The number of halogens is 1. The lowest BCUT2D eigenvalue weighted by Crippen LogP contribution is -2.49. The van der Waals surface area contributed by atoms with Gasteiger partial charge in [-0.15, -0.1) is 0 Å². The number of hydrogen-bond donors (Lipinski definition) is 0. The van der Waals surface area contributed by atoms with Gasteiger partial charge in [0.25, 0.3) is 0 Å². The second kappa shape index (κ2) is 2.46. The molecule has 0 bridgehead atoms. The van der Waals surface area contributed by atoms with Crippen molar-refractivity contribution in [1.82, 2.24) is 0 Å². The topological polar surface area (TPSA) is 0 Å². The molecule has 1 heteroatoms. The van der Waals surface area contributed by atoms with E-state index in [1.807, 2.05) is 20.8 Å². The summed E-state index contributed by atoms with van der Waals surface area (Å²) in [6.45, 7) is 8.14. The van der Waals surface area contributed by atoms with E-state index in [4.69, 9.17) is 0 Å². The van der Waals surface area contributed by atoms with Crippen LogP contribution in [0, 0.1) is 11.3 Å². The quantitative estimate of drug-likeness (QED) is 0.547. The number of alkyl halides is 1. The molecule has 0 saturated heterocycles. The van der Waals surface area contributed by atoms with Gasteiger partial charge in [0.2, 0.25) is 0 Å². The molecule has 0 aliphatic heterocycles. The van der Waals surface area contributed by atoms with Crippen molar-refractivity contribution in [1.29, 1.82) is 0 Å². The normalized spacial score (nSPS) is 38.5. The molecule has 0 spiro atoms. The Morgan fingerprint density at radius 2 is 1.82 bits per heavy atom. The molecule has 0 aromatic carbocycles. The molecule has 0 radical (unpaired) electrons. The molecule has 0 atom stereocenters. The third-order valence-electron chi connectivity index (χ3n) is 3.15. The standard InChI is InChI=1S/C10H19F/c1-5-8-6-10(11,7-8)9(2,3)4/h8H,5-7H2,1-4H3. The zero-order valence-electron chi connectivity index (χ0n) is 8.08. The molecule has 0 aromatic heterocycles. The number of rotatable bonds is 1. The van der Waals surface area contributed by atoms with E-state index in [0.29, 0.717) is 5.92 Å². The molecular weight excluding hydrogens is 139 g/mol. The van der Waals surface area contributed by atoms with E-state index in [2.05, 4.69) is 6.92 Å². The Balaban J connectivity index is 2.49. The molecule has 11 heavy (non-hydrogen) atoms. The first kappa shape index (κ1) is 9.02. The van der Waals surface area contributed by atoms with Gasteiger partial charge >= 0.3 is 0 Å². The Morgan fingerprint density at radius 3 is 2.09 bits per heavy atom. The van der Waals surface area contributed by atoms with Crippen molar-refractivity contribution in [3.63, 3.8) is 0 Å². The fraction of sp³-hybridized carbons (Fsp3) is 1.00. The molecule has 0 N–H and O–H groups in total. The van der Waals surface area contributed by atoms with Gasteiger partial charge in [-0.05, 0) is 24.2 Å². The van der Waals surface area contributed by atoms with Crippen molar-refractivity contribution >= 4 is 0 Å². The third kappa shape index (κ3) is 1.43. The van der Waals surface area contributed by atoms with Crippen LogP contribution >= 0.6 is 0 Å². The Bertz CT molecular complexity index is 137. The van der Waals surface area contributed by atoms with Crippen LogP contribution in [0.25, 0.3) is 0 Å². The summed E-state index contributed by atoms with van der Waals surface area (Å²) < 4.78 is 13.9. The lowest BCUT2D eigenvalue weighted by Gasteiger charge is -2.49. The number of hydrogen-bond acceptors (Lipinski definition) is 0. The Hall–Kier alpha value is -0.0700. The maximum Gasteiger partial charge on any atom is 0.116 e. The SMILES string of the molecule is CCC1CC(F)(C(C)(C)C)C1. The van der Waals surface area contributed by atoms with E-state index in [-0.39, 0.29) is 5.41 Å². The maximum absolute atomic E-state index is 13.9. The summed E-state index contributed by atoms with van der Waals surface area (Å²) >= 11 is 0. The zero-order valence-corrected chi connectivity index (χ0v) is 8.08. The van der Waals surface area contributed by atoms with E-state index in [0.717, 1.165) is 19.3 Å². The fourth-order valence-electron chi connectivity index (χ4n) is 1.76. The fourth-order valence-corrected chi connectivity index (χ4v) is 1.76. The van der Waals surface area contributed by atoms with Crippen molar-refractivity contribution in [2.24, 2.45) is 11.3 Å². The summed E-state index contributed by atoms with van der Waals surface area (Å²) in [4.78, 5) is 0. The molecular formula is C10H19F. The first-order chi connectivity index (χ1) is 4.89. The average molecular weight is 158 g/mol. The van der Waals surface area contributed by atoms with E-state index in [1.54, 1.807) is 0 Å². The highest BCUT2D eigenvalue weighted by molar-refractivity contribution is 5.01. The second-order valence-electron chi connectivity index (χ2n) is 4.90. The summed E-state index contributed by atoms with van der Waals surface area (Å²) in [6.07, 6.45) is 2.71. The average Bonchev–Trinajstić information content (AvgIpc) is 1.78. The van der Waals surface area contributed by atoms with E-state index in [1.165, 1.54) is 0 Å². The van der Waals surface area contributed by atoms with Gasteiger partial charge in [-0.3, -0.25) is 0 Å². The molecule has 1 aliphatic carbocycles. The highest BCUT2D eigenvalue weighted by Gasteiger charge is 2.51. The first-order valence-corrected chi connectivity index (χ1v) is 4.58. The summed E-state index contributed by atoms with van der Waals surface area (Å²) in [7, 11) is 0. The van der Waals surface area contributed by atoms with Gasteiger partial charge in [-0.1, -0.05) is 34.1 Å². The lowest BCUT2D eigenvalue weighted by atomic mass is 9.60. The predicted octanol–water partition coefficient (Wildman–Crippen LogP) is 3.56. The van der Waals surface area contributed by atoms with E-state index < -0.39 is 5.67 Å². The van der Waals surface area contributed by atoms with Gasteiger partial charge < -0.3 is 0 Å². The Morgan fingerprint density at radius 1 is 1.36 bits per heavy atom. The molecule has 0 aromatic rings. The molecule has 66 valence electrons. The van der Waals surface area contributed by atoms with Crippen LogP contribution in [0.2, 0.25) is 0 Å². The van der Waals surface area contributed by atoms with Crippen LogP contribution in [-0.2, 0) is 0 Å². The van der Waals surface area contributed by atoms with Crippen LogP contribution in [0.15, 0.2) is 0 Å². The summed E-state index contributed by atoms with van der Waals surface area (Å²) in [5.41, 5.74) is -1.02. The highest BCUT2D eigenvalue weighted by Crippen LogP contribution is 2.52. The van der Waals surface area contributed by atoms with Crippen molar-refractivity contribution in [2.75, 3.05) is 0 Å². The molecule has 0 heterocycles. The van der Waals surface area contributed by atoms with E-state index >= 15 is 0 Å². The van der Waals surface area contributed by atoms with Crippen LogP contribution in [0.5, 0.6) is 0 Å². The predicted molar refractivity (Wildman–Crippen MR) is 46.3 cm³/mol. The van der Waals surface area contributed by atoms with Gasteiger partial charge in [-0.2, -0.15) is 0 Å². The monoisotopic (exact) mass is 158 g/mol. The first-order valence-electron chi connectivity index (χ1n) is 4.58. The van der Waals surface area contributed by atoms with Crippen LogP contribution in [0.4, 0.5) is 4.39 Å². The highest BCUT2D eigenvalue weighted by atomic mass is 19.1. The Labute approximate surface area is 69.2 Å². The van der Waals surface area contributed by atoms with Crippen molar-refractivity contribution < 1.29 is 4.39 Å². The lowest BCUT2D eigenvalue weighted by molar-refractivity contribution is -0.0818. The summed E-state index contributed by atoms with van der Waals surface area (Å²) in [6, 6.07) is 0. The minimum absolute atomic E-state index is 0.154. The van der Waals surface area contributed by atoms with Gasteiger partial charge in [0.05, 0.1) is 0 Å². The molecule has 0 unspecified atom stereocenters. The van der Waals surface area contributed by atoms with Crippen LogP contribution < -0.4 is 0 Å². The molecule has 1 aliphatic rings. The third-order valence-corrected chi connectivity index (χ3v) is 3.15. The summed E-state index contributed by atoms with van der Waals surface area (Å²) in [5, 5.41) is 0. The molecule has 1 fully saturated rings. The van der Waals surface area contributed by atoms with Crippen LogP contribution in [0.3, 0.4) is 0 Å². The second-order valence-corrected chi connectivity index (χ2v) is 4.90.